The van der Waals surface area contributed by atoms with E-state index in [-0.39, 0.29) is 5.69 Å². The fourth-order valence-electron chi connectivity index (χ4n) is 7.51. The van der Waals surface area contributed by atoms with Crippen LogP contribution < -0.4 is 4.90 Å². The summed E-state index contributed by atoms with van der Waals surface area (Å²) in [5.74, 6) is 0. The van der Waals surface area contributed by atoms with Crippen molar-refractivity contribution in [2.45, 2.75) is 0 Å². The molecule has 0 saturated carbocycles. The third-order valence-electron chi connectivity index (χ3n) is 10.1. The summed E-state index contributed by atoms with van der Waals surface area (Å²) in [6.45, 7) is 0. The van der Waals surface area contributed by atoms with E-state index in [2.05, 4.69) is 0 Å². The highest BCUT2D eigenvalue weighted by Crippen LogP contribution is 2.46. The molecule has 0 aliphatic heterocycles. The van der Waals surface area contributed by atoms with Gasteiger partial charge >= 0.3 is 0 Å². The van der Waals surface area contributed by atoms with Crippen LogP contribution in [0.4, 0.5) is 17.1 Å². The Balaban J connectivity index is 1.17. The summed E-state index contributed by atoms with van der Waals surface area (Å²) in [5, 5.41) is 4.38. The van der Waals surface area contributed by atoms with E-state index in [9.17, 15) is 11.0 Å². The van der Waals surface area contributed by atoms with Crippen LogP contribution in [0.2, 0.25) is 0 Å². The quantitative estimate of drug-likeness (QED) is 0.169. The van der Waals surface area contributed by atoms with Crippen LogP contribution in [0.25, 0.3) is 87.6 Å². The normalized spacial score (nSPS) is 15.3. The lowest BCUT2D eigenvalue weighted by molar-refractivity contribution is 0.674. The van der Waals surface area contributed by atoms with Crippen LogP contribution in [0, 0.1) is 0 Å². The van der Waals surface area contributed by atoms with E-state index in [1.165, 1.54) is 0 Å². The standard InChI is InChI=1S/C54H35NO/c1-4-17-43-38(12-1)15-9-21-44(43)41-28-26-36(27-29-41)37-30-33-42(34-31-37)55(51-25-10-16-39-13-2-5-18-45(39)51)52-24-8-7-20-47(52)48-22-11-23-49-50-35-32-40-14-3-6-19-46(40)53(50)56-54(48)49/h1-35H/i1D,4D,9D,12D,15D,17D,21D,26D,27D,28D,29D,30D,31D,33D,34D. The number of para-hydroxylation sites is 2. The summed E-state index contributed by atoms with van der Waals surface area (Å²) >= 11 is 0. The number of fused-ring (bicyclic) bond motifs is 7. The highest BCUT2D eigenvalue weighted by molar-refractivity contribution is 6.18. The highest BCUT2D eigenvalue weighted by atomic mass is 16.3. The third-order valence-corrected chi connectivity index (χ3v) is 10.1. The van der Waals surface area contributed by atoms with Gasteiger partial charge in [0, 0.05) is 38.4 Å². The van der Waals surface area contributed by atoms with Crippen LogP contribution in [-0.4, -0.2) is 0 Å². The Hall–Kier alpha value is -7.42. The Morgan fingerprint density at radius 2 is 0.929 bits per heavy atom. The Morgan fingerprint density at radius 3 is 1.79 bits per heavy atom. The number of furan rings is 1. The number of hydrogen-bond acceptors (Lipinski definition) is 2. The van der Waals surface area contributed by atoms with Crippen molar-refractivity contribution in [1.82, 2.24) is 0 Å². The molecule has 1 heterocycles. The van der Waals surface area contributed by atoms with Crippen molar-refractivity contribution < 1.29 is 25.0 Å². The molecule has 56 heavy (non-hydrogen) atoms. The van der Waals surface area contributed by atoms with Crippen molar-refractivity contribution in [2.24, 2.45) is 0 Å². The van der Waals surface area contributed by atoms with Gasteiger partial charge in [0.2, 0.25) is 0 Å². The van der Waals surface area contributed by atoms with E-state index in [1.807, 2.05) is 115 Å². The minimum Gasteiger partial charge on any atom is -0.455 e. The van der Waals surface area contributed by atoms with Crippen LogP contribution in [-0.2, 0) is 0 Å². The van der Waals surface area contributed by atoms with Crippen LogP contribution in [0.3, 0.4) is 0 Å². The molecule has 11 aromatic rings. The number of benzene rings is 10. The molecule has 11 rings (SSSR count). The predicted octanol–water partition coefficient (Wildman–Crippen LogP) is 15.5. The van der Waals surface area contributed by atoms with Crippen molar-refractivity contribution in [3.8, 4) is 33.4 Å². The van der Waals surface area contributed by atoms with Crippen LogP contribution in [0.15, 0.2) is 216 Å². The lowest BCUT2D eigenvalue weighted by Crippen LogP contribution is -2.11. The van der Waals surface area contributed by atoms with Gasteiger partial charge < -0.3 is 9.32 Å². The monoisotopic (exact) mass is 728 g/mol. The first kappa shape index (κ1) is 20.3. The van der Waals surface area contributed by atoms with Gasteiger partial charge in [-0.3, -0.25) is 0 Å². The molecule has 0 fully saturated rings. The van der Waals surface area contributed by atoms with E-state index in [1.54, 1.807) is 11.0 Å². The number of nitrogens with zero attached hydrogens (tertiary/aromatic N) is 1. The molecule has 0 bridgehead atoms. The summed E-state index contributed by atoms with van der Waals surface area (Å²) in [7, 11) is 0. The Bertz CT molecular complexity index is 4080. The molecule has 0 amide bonds. The molecule has 262 valence electrons. The maximum atomic E-state index is 9.78. The van der Waals surface area contributed by atoms with E-state index in [0.29, 0.717) is 33.7 Å². The second kappa shape index (κ2) is 13.2. The third kappa shape index (κ3) is 5.26. The summed E-state index contributed by atoms with van der Waals surface area (Å²) in [6, 6.07) is 27.4. The van der Waals surface area contributed by atoms with Crippen LogP contribution in [0.1, 0.15) is 20.6 Å². The molecule has 0 spiro atoms. The average molecular weight is 729 g/mol. The van der Waals surface area contributed by atoms with Crippen molar-refractivity contribution in [1.29, 1.82) is 0 Å². The van der Waals surface area contributed by atoms with Crippen LogP contribution in [0.5, 0.6) is 0 Å². The molecule has 10 aromatic carbocycles. The molecule has 0 aliphatic rings. The molecule has 0 unspecified atom stereocenters. The molecule has 2 heteroatoms. The fourth-order valence-corrected chi connectivity index (χ4v) is 7.51. The highest BCUT2D eigenvalue weighted by Gasteiger charge is 2.22. The molecule has 0 N–H and O–H groups in total. The largest absolute Gasteiger partial charge is 0.455 e. The number of anilines is 3. The topological polar surface area (TPSA) is 16.4 Å². The molecular formula is C54H35NO. The maximum absolute atomic E-state index is 9.78. The molecule has 1 aromatic heterocycles. The van der Waals surface area contributed by atoms with E-state index >= 15 is 0 Å². The molecular weight excluding hydrogens is 679 g/mol. The van der Waals surface area contributed by atoms with Gasteiger partial charge in [-0.15, -0.1) is 0 Å². The van der Waals surface area contributed by atoms with Gasteiger partial charge in [-0.05, 0) is 74.1 Å². The summed E-state index contributed by atoms with van der Waals surface area (Å²) in [6.07, 6.45) is 0. The van der Waals surface area contributed by atoms with E-state index in [4.69, 9.17) is 14.0 Å². The summed E-state index contributed by atoms with van der Waals surface area (Å²) in [4.78, 5) is 1.66. The SMILES string of the molecule is [2H]c1c([2H])c(-c2c([2H])c([2H])c([2H])c3c([2H])c([2H])c([2H])c([2H])c23)c([2H])c([2H])c1-c1c([2H])c([2H])c(N(c2ccccc2-c2cccc3c2oc2c4ccccc4ccc32)c2cccc3ccccc23)c([2H])c1[2H]. The number of rotatable bonds is 6. The van der Waals surface area contributed by atoms with Gasteiger partial charge in [-0.2, -0.15) is 0 Å². The first-order valence-corrected chi connectivity index (χ1v) is 18.0. The zero-order valence-electron chi connectivity index (χ0n) is 44.4. The smallest absolute Gasteiger partial charge is 0.143 e. The zero-order chi connectivity index (χ0) is 50.1. The maximum Gasteiger partial charge on any atom is 0.143 e. The molecule has 0 radical (unpaired) electrons. The molecule has 0 atom stereocenters. The molecule has 0 aliphatic carbocycles. The van der Waals surface area contributed by atoms with Crippen LogP contribution >= 0.6 is 0 Å². The summed E-state index contributed by atoms with van der Waals surface area (Å²) in [5.41, 5.74) is 1.15. The lowest BCUT2D eigenvalue weighted by atomic mass is 9.96. The Morgan fingerprint density at radius 1 is 0.339 bits per heavy atom. The van der Waals surface area contributed by atoms with Gasteiger partial charge in [-0.1, -0.05) is 182 Å². The van der Waals surface area contributed by atoms with Gasteiger partial charge in [0.25, 0.3) is 0 Å². The predicted molar refractivity (Wildman–Crippen MR) is 237 cm³/mol. The Labute approximate surface area is 346 Å². The van der Waals surface area contributed by atoms with Gasteiger partial charge in [-0.25, -0.2) is 0 Å². The zero-order valence-corrected chi connectivity index (χ0v) is 29.4. The average Bonchev–Trinajstić information content (AvgIpc) is 3.78. The lowest BCUT2D eigenvalue weighted by Gasteiger charge is -2.29. The van der Waals surface area contributed by atoms with Crippen molar-refractivity contribution in [3.63, 3.8) is 0 Å². The van der Waals surface area contributed by atoms with E-state index < -0.39 is 124 Å². The molecule has 2 nitrogen and oxygen atoms in total. The van der Waals surface area contributed by atoms with Crippen molar-refractivity contribution >= 4 is 71.3 Å². The fraction of sp³-hybridized carbons (Fsp3) is 0. The van der Waals surface area contributed by atoms with Crippen molar-refractivity contribution in [2.75, 3.05) is 4.90 Å². The first-order chi connectivity index (χ1) is 34.0. The minimum atomic E-state index is -0.833. The van der Waals surface area contributed by atoms with Gasteiger partial charge in [0.05, 0.1) is 31.9 Å². The van der Waals surface area contributed by atoms with Gasteiger partial charge in [0.1, 0.15) is 11.2 Å². The first-order valence-electron chi connectivity index (χ1n) is 25.5. The number of hydrogen-bond donors (Lipinski definition) is 0. The Kier molecular flexibility index (Phi) is 4.77. The summed E-state index contributed by atoms with van der Waals surface area (Å²) < 4.78 is 143. The molecule has 0 saturated heterocycles. The second-order valence-electron chi connectivity index (χ2n) is 13.3. The van der Waals surface area contributed by atoms with E-state index in [0.717, 1.165) is 32.3 Å². The van der Waals surface area contributed by atoms with Crippen molar-refractivity contribution in [3.05, 3.63) is 212 Å². The van der Waals surface area contributed by atoms with Gasteiger partial charge in [0.15, 0.2) is 0 Å². The second-order valence-corrected chi connectivity index (χ2v) is 13.3. The minimum absolute atomic E-state index is 0.180.